The number of ketones is 1. The maximum atomic E-state index is 12.2. The van der Waals surface area contributed by atoms with Crippen LogP contribution in [0.1, 0.15) is 64.7 Å². The minimum Gasteiger partial charge on any atom is -0.354 e. The summed E-state index contributed by atoms with van der Waals surface area (Å²) in [5, 5.41) is 3.03. The summed E-state index contributed by atoms with van der Waals surface area (Å²) in [5.74, 6) is -0.0869. The molecular formula is C14H20N2O2. The highest BCUT2D eigenvalue weighted by atomic mass is 16.2. The lowest BCUT2D eigenvalue weighted by atomic mass is 10.1. The SMILES string of the molecule is CC(=O)c1c(C)[nH]c(C(=O)NC2CCCC2)c1C. The fraction of sp³-hybridized carbons (Fsp3) is 0.571. The molecule has 1 amide bonds. The number of aromatic nitrogens is 1. The zero-order valence-corrected chi connectivity index (χ0v) is 11.2. The van der Waals surface area contributed by atoms with Crippen LogP contribution in [-0.2, 0) is 0 Å². The molecule has 0 aliphatic heterocycles. The van der Waals surface area contributed by atoms with Gasteiger partial charge in [-0.1, -0.05) is 12.8 Å². The molecule has 0 bridgehead atoms. The number of aryl methyl sites for hydroxylation is 1. The molecule has 1 aliphatic rings. The lowest BCUT2D eigenvalue weighted by Gasteiger charge is -2.11. The molecule has 0 radical (unpaired) electrons. The third-order valence-electron chi connectivity index (χ3n) is 3.71. The topological polar surface area (TPSA) is 62.0 Å². The van der Waals surface area contributed by atoms with Crippen molar-refractivity contribution in [2.24, 2.45) is 0 Å². The van der Waals surface area contributed by atoms with Gasteiger partial charge in [-0.25, -0.2) is 0 Å². The number of H-pyrrole nitrogens is 1. The molecule has 0 unspecified atom stereocenters. The van der Waals surface area contributed by atoms with Crippen LogP contribution in [0.25, 0.3) is 0 Å². The molecule has 0 saturated heterocycles. The predicted molar refractivity (Wildman–Crippen MR) is 70.0 cm³/mol. The fourth-order valence-electron chi connectivity index (χ4n) is 2.83. The van der Waals surface area contributed by atoms with Crippen LogP contribution in [0.2, 0.25) is 0 Å². The van der Waals surface area contributed by atoms with Crippen LogP contribution in [0, 0.1) is 13.8 Å². The first-order valence-electron chi connectivity index (χ1n) is 6.51. The average Bonchev–Trinajstić information content (AvgIpc) is 2.86. The Hall–Kier alpha value is -1.58. The van der Waals surface area contributed by atoms with E-state index in [9.17, 15) is 9.59 Å². The molecule has 1 heterocycles. The van der Waals surface area contributed by atoms with Gasteiger partial charge in [-0.05, 0) is 39.2 Å². The molecule has 1 fully saturated rings. The summed E-state index contributed by atoms with van der Waals surface area (Å²) in [6, 6.07) is 0.293. The number of hydrogen-bond acceptors (Lipinski definition) is 2. The second kappa shape index (κ2) is 4.96. The van der Waals surface area contributed by atoms with Crippen molar-refractivity contribution in [2.45, 2.75) is 52.5 Å². The summed E-state index contributed by atoms with van der Waals surface area (Å²) < 4.78 is 0. The van der Waals surface area contributed by atoms with E-state index < -0.39 is 0 Å². The highest BCUT2D eigenvalue weighted by Gasteiger charge is 2.23. The molecule has 98 valence electrons. The first kappa shape index (κ1) is 12.9. The molecule has 4 heteroatoms. The second-order valence-corrected chi connectivity index (χ2v) is 5.14. The minimum absolute atomic E-state index is 0.00108. The third-order valence-corrected chi connectivity index (χ3v) is 3.71. The Labute approximate surface area is 107 Å². The standard InChI is InChI=1S/C14H20N2O2/c1-8-12(10(3)17)9(2)15-13(8)14(18)16-11-6-4-5-7-11/h11,15H,4-7H2,1-3H3,(H,16,18). The van der Waals surface area contributed by atoms with Gasteiger partial charge in [0.15, 0.2) is 5.78 Å². The number of rotatable bonds is 3. The second-order valence-electron chi connectivity index (χ2n) is 5.14. The molecule has 0 aromatic carbocycles. The normalized spacial score (nSPS) is 15.9. The van der Waals surface area contributed by atoms with Gasteiger partial charge in [0, 0.05) is 17.3 Å². The number of aromatic amines is 1. The van der Waals surface area contributed by atoms with E-state index in [4.69, 9.17) is 0 Å². The van der Waals surface area contributed by atoms with Gasteiger partial charge in [-0.3, -0.25) is 9.59 Å². The summed E-state index contributed by atoms with van der Waals surface area (Å²) in [4.78, 5) is 26.7. The van der Waals surface area contributed by atoms with E-state index in [0.29, 0.717) is 17.3 Å². The fourth-order valence-corrected chi connectivity index (χ4v) is 2.83. The molecule has 1 aromatic rings. The van der Waals surface area contributed by atoms with Crippen LogP contribution in [0.4, 0.5) is 0 Å². The van der Waals surface area contributed by atoms with Crippen molar-refractivity contribution in [2.75, 3.05) is 0 Å². The van der Waals surface area contributed by atoms with Gasteiger partial charge in [0.2, 0.25) is 0 Å². The molecule has 0 spiro atoms. The van der Waals surface area contributed by atoms with Gasteiger partial charge >= 0.3 is 0 Å². The molecule has 1 aliphatic carbocycles. The summed E-state index contributed by atoms with van der Waals surface area (Å²) in [7, 11) is 0. The Kier molecular flexibility index (Phi) is 3.55. The van der Waals surface area contributed by atoms with Crippen molar-refractivity contribution in [3.63, 3.8) is 0 Å². The zero-order chi connectivity index (χ0) is 13.3. The zero-order valence-electron chi connectivity index (χ0n) is 11.2. The summed E-state index contributed by atoms with van der Waals surface area (Å²) in [5.41, 5.74) is 2.71. The Morgan fingerprint density at radius 1 is 1.22 bits per heavy atom. The van der Waals surface area contributed by atoms with Gasteiger partial charge in [0.25, 0.3) is 5.91 Å². The highest BCUT2D eigenvalue weighted by Crippen LogP contribution is 2.21. The van der Waals surface area contributed by atoms with Crippen LogP contribution < -0.4 is 5.32 Å². The highest BCUT2D eigenvalue weighted by molar-refractivity contribution is 6.02. The Morgan fingerprint density at radius 3 is 2.33 bits per heavy atom. The predicted octanol–water partition coefficient (Wildman–Crippen LogP) is 2.51. The van der Waals surface area contributed by atoms with Crippen LogP contribution >= 0.6 is 0 Å². The van der Waals surface area contributed by atoms with E-state index in [1.165, 1.54) is 19.8 Å². The maximum Gasteiger partial charge on any atom is 0.268 e. The lowest BCUT2D eigenvalue weighted by Crippen LogP contribution is -2.33. The van der Waals surface area contributed by atoms with Crippen molar-refractivity contribution in [1.82, 2.24) is 10.3 Å². The van der Waals surface area contributed by atoms with E-state index in [1.54, 1.807) is 0 Å². The largest absolute Gasteiger partial charge is 0.354 e. The summed E-state index contributed by atoms with van der Waals surface area (Å²) >= 11 is 0. The number of carbonyl (C=O) groups is 2. The quantitative estimate of drug-likeness (QED) is 0.807. The molecule has 18 heavy (non-hydrogen) atoms. The van der Waals surface area contributed by atoms with Crippen LogP contribution in [0.3, 0.4) is 0 Å². The summed E-state index contributed by atoms with van der Waals surface area (Å²) in [6.45, 7) is 5.18. The van der Waals surface area contributed by atoms with Crippen molar-refractivity contribution in [1.29, 1.82) is 0 Å². The summed E-state index contributed by atoms with van der Waals surface area (Å²) in [6.07, 6.45) is 4.49. The van der Waals surface area contributed by atoms with Crippen LogP contribution in [0.5, 0.6) is 0 Å². The lowest BCUT2D eigenvalue weighted by molar-refractivity contribution is 0.0932. The number of nitrogens with one attached hydrogen (secondary N) is 2. The molecule has 2 rings (SSSR count). The Bertz CT molecular complexity index is 482. The first-order chi connectivity index (χ1) is 8.50. The van der Waals surface area contributed by atoms with Gasteiger partial charge in [0.05, 0.1) is 0 Å². The Balaban J connectivity index is 2.20. The van der Waals surface area contributed by atoms with E-state index in [1.807, 2.05) is 13.8 Å². The minimum atomic E-state index is -0.0880. The Morgan fingerprint density at radius 2 is 1.83 bits per heavy atom. The molecule has 1 aromatic heterocycles. The molecule has 4 nitrogen and oxygen atoms in total. The van der Waals surface area contributed by atoms with Crippen molar-refractivity contribution < 1.29 is 9.59 Å². The number of Topliss-reactive ketones (excluding diaryl/α,β-unsaturated/α-hetero) is 1. The molecule has 2 N–H and O–H groups in total. The van der Waals surface area contributed by atoms with Gasteiger partial charge in [0.1, 0.15) is 5.69 Å². The first-order valence-corrected chi connectivity index (χ1v) is 6.51. The maximum absolute atomic E-state index is 12.2. The van der Waals surface area contributed by atoms with Crippen LogP contribution in [-0.4, -0.2) is 22.7 Å². The van der Waals surface area contributed by atoms with Crippen molar-refractivity contribution >= 4 is 11.7 Å². The molecule has 1 saturated carbocycles. The van der Waals surface area contributed by atoms with Gasteiger partial charge < -0.3 is 10.3 Å². The third kappa shape index (κ3) is 2.33. The number of hydrogen-bond donors (Lipinski definition) is 2. The molecule has 0 atom stereocenters. The van der Waals surface area contributed by atoms with Gasteiger partial charge in [-0.2, -0.15) is 0 Å². The number of amides is 1. The van der Waals surface area contributed by atoms with Crippen molar-refractivity contribution in [3.8, 4) is 0 Å². The van der Waals surface area contributed by atoms with Gasteiger partial charge in [-0.15, -0.1) is 0 Å². The number of carbonyl (C=O) groups excluding carboxylic acids is 2. The molecular weight excluding hydrogens is 228 g/mol. The van der Waals surface area contributed by atoms with E-state index in [-0.39, 0.29) is 11.7 Å². The smallest absolute Gasteiger partial charge is 0.268 e. The van der Waals surface area contributed by atoms with Crippen LogP contribution in [0.15, 0.2) is 0 Å². The van der Waals surface area contributed by atoms with E-state index >= 15 is 0 Å². The monoisotopic (exact) mass is 248 g/mol. The van der Waals surface area contributed by atoms with E-state index in [2.05, 4.69) is 10.3 Å². The van der Waals surface area contributed by atoms with E-state index in [0.717, 1.165) is 24.1 Å². The van der Waals surface area contributed by atoms with Crippen molar-refractivity contribution in [3.05, 3.63) is 22.5 Å². The average molecular weight is 248 g/mol.